The summed E-state index contributed by atoms with van der Waals surface area (Å²) < 4.78 is 0. The van der Waals surface area contributed by atoms with E-state index in [1.54, 1.807) is 0 Å². The van der Waals surface area contributed by atoms with E-state index in [0.717, 1.165) is 17.8 Å². The fourth-order valence-electron chi connectivity index (χ4n) is 0.963. The molecule has 0 saturated carbocycles. The highest BCUT2D eigenvalue weighted by molar-refractivity contribution is 7.11. The van der Waals surface area contributed by atoms with Crippen LogP contribution in [0.15, 0.2) is 5.38 Å². The number of hydrogen-bond donors (Lipinski definition) is 2. The summed E-state index contributed by atoms with van der Waals surface area (Å²) in [7, 11) is 0. The van der Waals surface area contributed by atoms with Crippen molar-refractivity contribution >= 4 is 23.2 Å². The largest absolute Gasteiger partial charge is 0.476 e. The Morgan fingerprint density at radius 3 is 2.81 bits per heavy atom. The second-order valence-electron chi connectivity index (χ2n) is 3.57. The molecule has 0 fully saturated rings. The van der Waals surface area contributed by atoms with Crippen molar-refractivity contribution in [1.82, 2.24) is 10.3 Å². The summed E-state index contributed by atoms with van der Waals surface area (Å²) in [6.45, 7) is 4.66. The zero-order chi connectivity index (χ0) is 12.1. The highest BCUT2D eigenvalue weighted by atomic mass is 32.1. The molecular weight excluding hydrogens is 228 g/mol. The Morgan fingerprint density at radius 2 is 2.31 bits per heavy atom. The lowest BCUT2D eigenvalue weighted by Crippen LogP contribution is -2.28. The first-order valence-corrected chi connectivity index (χ1v) is 5.89. The normalized spacial score (nSPS) is 12.1. The fourth-order valence-corrected chi connectivity index (χ4v) is 1.67. The molecule has 0 radical (unpaired) electrons. The van der Waals surface area contributed by atoms with Crippen LogP contribution in [0.3, 0.4) is 0 Å². The predicted octanol–water partition coefficient (Wildman–Crippen LogP) is 1.62. The van der Waals surface area contributed by atoms with Crippen LogP contribution in [-0.2, 0) is 0 Å². The molecule has 88 valence electrons. The van der Waals surface area contributed by atoms with Gasteiger partial charge in [0.05, 0.1) is 0 Å². The highest BCUT2D eigenvalue weighted by Crippen LogP contribution is 2.09. The van der Waals surface area contributed by atoms with Crippen molar-refractivity contribution in [3.05, 3.63) is 16.1 Å². The number of nitrogens with one attached hydrogen (secondary N) is 1. The molecule has 0 aliphatic carbocycles. The third kappa shape index (κ3) is 3.30. The Hall–Kier alpha value is -1.43. The molecule has 16 heavy (non-hydrogen) atoms. The van der Waals surface area contributed by atoms with Crippen LogP contribution in [0, 0.1) is 5.92 Å². The van der Waals surface area contributed by atoms with Crippen LogP contribution in [0.4, 0.5) is 0 Å². The molecule has 1 heterocycles. The number of aromatic carboxylic acids is 1. The lowest BCUT2D eigenvalue weighted by molar-refractivity contribution is 0.0691. The van der Waals surface area contributed by atoms with Crippen molar-refractivity contribution in [2.75, 3.05) is 6.54 Å². The van der Waals surface area contributed by atoms with Crippen LogP contribution in [0.5, 0.6) is 0 Å². The Kier molecular flexibility index (Phi) is 4.42. The van der Waals surface area contributed by atoms with E-state index in [-0.39, 0.29) is 16.6 Å². The van der Waals surface area contributed by atoms with Crippen LogP contribution >= 0.6 is 11.3 Å². The number of aromatic nitrogens is 1. The summed E-state index contributed by atoms with van der Waals surface area (Å²) in [5.74, 6) is -1.02. The molecule has 0 aromatic carbocycles. The minimum Gasteiger partial charge on any atom is -0.476 e. The maximum absolute atomic E-state index is 11.5. The van der Waals surface area contributed by atoms with Gasteiger partial charge in [0.2, 0.25) is 0 Å². The second kappa shape index (κ2) is 5.60. The first kappa shape index (κ1) is 12.6. The quantitative estimate of drug-likeness (QED) is 0.822. The van der Waals surface area contributed by atoms with Gasteiger partial charge in [-0.05, 0) is 5.92 Å². The lowest BCUT2D eigenvalue weighted by atomic mass is 10.1. The SMILES string of the molecule is CCC(C)CNC(=O)c1nc(C(=O)O)cs1. The van der Waals surface area contributed by atoms with Crippen LogP contribution < -0.4 is 5.32 Å². The Labute approximate surface area is 97.5 Å². The summed E-state index contributed by atoms with van der Waals surface area (Å²) in [5, 5.41) is 12.9. The average Bonchev–Trinajstić information content (AvgIpc) is 2.74. The first-order valence-electron chi connectivity index (χ1n) is 5.01. The van der Waals surface area contributed by atoms with Gasteiger partial charge >= 0.3 is 5.97 Å². The molecule has 1 unspecified atom stereocenters. The van der Waals surface area contributed by atoms with Crippen molar-refractivity contribution in [2.24, 2.45) is 5.92 Å². The minimum atomic E-state index is -1.11. The molecule has 1 amide bonds. The van der Waals surface area contributed by atoms with Gasteiger partial charge < -0.3 is 10.4 Å². The standard InChI is InChI=1S/C10H14N2O3S/c1-3-6(2)4-11-8(13)9-12-7(5-16-9)10(14)15/h5-6H,3-4H2,1-2H3,(H,11,13)(H,14,15). The van der Waals surface area contributed by atoms with E-state index in [9.17, 15) is 9.59 Å². The van der Waals surface area contributed by atoms with Gasteiger partial charge in [-0.15, -0.1) is 11.3 Å². The van der Waals surface area contributed by atoms with Crippen molar-refractivity contribution < 1.29 is 14.7 Å². The van der Waals surface area contributed by atoms with Crippen molar-refractivity contribution in [3.63, 3.8) is 0 Å². The fraction of sp³-hybridized carbons (Fsp3) is 0.500. The number of rotatable bonds is 5. The highest BCUT2D eigenvalue weighted by Gasteiger charge is 2.14. The van der Waals surface area contributed by atoms with Gasteiger partial charge in [-0.1, -0.05) is 20.3 Å². The number of nitrogens with zero attached hydrogens (tertiary/aromatic N) is 1. The first-order chi connectivity index (χ1) is 7.54. The third-order valence-corrected chi connectivity index (χ3v) is 3.07. The zero-order valence-corrected chi connectivity index (χ0v) is 10.0. The predicted molar refractivity (Wildman–Crippen MR) is 60.9 cm³/mol. The molecule has 1 aromatic heterocycles. The van der Waals surface area contributed by atoms with Gasteiger partial charge in [-0.25, -0.2) is 9.78 Å². The summed E-state index contributed by atoms with van der Waals surface area (Å²) >= 11 is 1.04. The average molecular weight is 242 g/mol. The molecular formula is C10H14N2O3S. The summed E-state index contributed by atoms with van der Waals surface area (Å²) in [6.07, 6.45) is 0.985. The van der Waals surface area contributed by atoms with Crippen molar-refractivity contribution in [3.8, 4) is 0 Å². The van der Waals surface area contributed by atoms with E-state index in [1.165, 1.54) is 5.38 Å². The Bertz CT molecular complexity index is 389. The van der Waals surface area contributed by atoms with Gasteiger partial charge in [-0.2, -0.15) is 0 Å². The van der Waals surface area contributed by atoms with Crippen LogP contribution in [0.2, 0.25) is 0 Å². The maximum atomic E-state index is 11.5. The summed E-state index contributed by atoms with van der Waals surface area (Å²) in [4.78, 5) is 25.8. The third-order valence-electron chi connectivity index (χ3n) is 2.23. The van der Waals surface area contributed by atoms with Gasteiger partial charge in [0, 0.05) is 11.9 Å². The smallest absolute Gasteiger partial charge is 0.355 e. The van der Waals surface area contributed by atoms with Gasteiger partial charge in [-0.3, -0.25) is 4.79 Å². The molecule has 1 atom stereocenters. The van der Waals surface area contributed by atoms with Crippen LogP contribution in [-0.4, -0.2) is 28.5 Å². The molecule has 0 aliphatic heterocycles. The molecule has 0 spiro atoms. The molecule has 1 rings (SSSR count). The van der Waals surface area contributed by atoms with Crippen LogP contribution in [0.1, 0.15) is 40.6 Å². The summed E-state index contributed by atoms with van der Waals surface area (Å²) in [6, 6.07) is 0. The molecule has 6 heteroatoms. The van der Waals surface area contributed by atoms with Crippen LogP contribution in [0.25, 0.3) is 0 Å². The second-order valence-corrected chi connectivity index (χ2v) is 4.42. The summed E-state index contributed by atoms with van der Waals surface area (Å²) in [5.41, 5.74) is -0.0845. The van der Waals surface area contributed by atoms with E-state index in [2.05, 4.69) is 10.3 Å². The van der Waals surface area contributed by atoms with E-state index in [0.29, 0.717) is 12.5 Å². The molecule has 5 nitrogen and oxygen atoms in total. The monoisotopic (exact) mass is 242 g/mol. The molecule has 1 aromatic rings. The molecule has 0 saturated heterocycles. The van der Waals surface area contributed by atoms with Gasteiger partial charge in [0.1, 0.15) is 0 Å². The van der Waals surface area contributed by atoms with Crippen molar-refractivity contribution in [2.45, 2.75) is 20.3 Å². The number of carbonyl (C=O) groups excluding carboxylic acids is 1. The Morgan fingerprint density at radius 1 is 1.62 bits per heavy atom. The number of hydrogen-bond acceptors (Lipinski definition) is 4. The number of carbonyl (C=O) groups is 2. The van der Waals surface area contributed by atoms with E-state index in [1.807, 2.05) is 13.8 Å². The van der Waals surface area contributed by atoms with E-state index in [4.69, 9.17) is 5.11 Å². The number of thiazole rings is 1. The minimum absolute atomic E-state index is 0.0845. The topological polar surface area (TPSA) is 79.3 Å². The lowest BCUT2D eigenvalue weighted by Gasteiger charge is -2.08. The zero-order valence-electron chi connectivity index (χ0n) is 9.19. The number of carboxylic acid groups (broad SMARTS) is 1. The van der Waals surface area contributed by atoms with Gasteiger partial charge in [0.15, 0.2) is 10.7 Å². The Balaban J connectivity index is 2.56. The molecule has 0 bridgehead atoms. The maximum Gasteiger partial charge on any atom is 0.355 e. The van der Waals surface area contributed by atoms with Gasteiger partial charge in [0.25, 0.3) is 5.91 Å². The van der Waals surface area contributed by atoms with E-state index >= 15 is 0 Å². The number of amides is 1. The van der Waals surface area contributed by atoms with Crippen molar-refractivity contribution in [1.29, 1.82) is 0 Å². The molecule has 2 N–H and O–H groups in total. The number of carboxylic acids is 1. The molecule has 0 aliphatic rings. The van der Waals surface area contributed by atoms with E-state index < -0.39 is 5.97 Å².